The average Bonchev–Trinajstić information content (AvgIpc) is 3.34. The highest BCUT2D eigenvalue weighted by molar-refractivity contribution is 7.12. The third-order valence-electron chi connectivity index (χ3n) is 4.16. The lowest BCUT2D eigenvalue weighted by Gasteiger charge is -2.09. The van der Waals surface area contributed by atoms with Gasteiger partial charge >= 0.3 is 0 Å². The van der Waals surface area contributed by atoms with Gasteiger partial charge in [0.1, 0.15) is 17.4 Å². The van der Waals surface area contributed by atoms with Gasteiger partial charge in [-0.05, 0) is 49.4 Å². The van der Waals surface area contributed by atoms with Crippen LogP contribution in [0.15, 0.2) is 53.9 Å². The summed E-state index contributed by atoms with van der Waals surface area (Å²) in [6.07, 6.45) is 0. The molecule has 0 aliphatic heterocycles. The second kappa shape index (κ2) is 9.05. The van der Waals surface area contributed by atoms with Crippen molar-refractivity contribution in [3.63, 3.8) is 0 Å². The molecule has 1 N–H and O–H groups in total. The maximum absolute atomic E-state index is 13.2. The highest BCUT2D eigenvalue weighted by Crippen LogP contribution is 2.28. The van der Waals surface area contributed by atoms with E-state index in [1.165, 1.54) is 29.5 Å². The Morgan fingerprint density at radius 1 is 1.19 bits per heavy atom. The summed E-state index contributed by atoms with van der Waals surface area (Å²) in [6.45, 7) is 1.56. The summed E-state index contributed by atoms with van der Waals surface area (Å²) in [7, 11) is 0. The molecule has 158 valence electrons. The molecule has 10 heteroatoms. The summed E-state index contributed by atoms with van der Waals surface area (Å²) in [4.78, 5) is 17.0. The molecule has 6 nitrogen and oxygen atoms in total. The van der Waals surface area contributed by atoms with Crippen LogP contribution in [0.5, 0.6) is 5.75 Å². The Bertz CT molecular complexity index is 1240. The zero-order chi connectivity index (χ0) is 22.0. The van der Waals surface area contributed by atoms with Gasteiger partial charge in [0, 0.05) is 22.0 Å². The lowest BCUT2D eigenvalue weighted by atomic mass is 10.2. The topological polar surface area (TPSA) is 69.0 Å². The Labute approximate surface area is 191 Å². The molecule has 0 radical (unpaired) electrons. The molecule has 0 fully saturated rings. The fourth-order valence-corrected chi connectivity index (χ4v) is 4.02. The number of ether oxygens (including phenoxy) is 1. The van der Waals surface area contributed by atoms with E-state index in [0.29, 0.717) is 38.1 Å². The third-order valence-corrected chi connectivity index (χ3v) is 5.51. The molecule has 0 spiro atoms. The van der Waals surface area contributed by atoms with Gasteiger partial charge in [0.05, 0.1) is 16.4 Å². The summed E-state index contributed by atoms with van der Waals surface area (Å²) < 4.78 is 20.2. The first-order chi connectivity index (χ1) is 14.9. The SMILES string of the molecule is Cc1cc(NC(=O)COc2ccc(Cl)cc2Cl)n(-c2nc(-c3ccc(F)cc3)cs2)n1. The molecule has 2 aromatic carbocycles. The molecule has 2 aromatic heterocycles. The molecule has 2 heterocycles. The lowest BCUT2D eigenvalue weighted by molar-refractivity contribution is -0.118. The van der Waals surface area contributed by atoms with E-state index in [4.69, 9.17) is 27.9 Å². The lowest BCUT2D eigenvalue weighted by Crippen LogP contribution is -2.22. The zero-order valence-electron chi connectivity index (χ0n) is 16.1. The van der Waals surface area contributed by atoms with Crippen molar-refractivity contribution in [2.24, 2.45) is 0 Å². The third kappa shape index (κ3) is 5.04. The highest BCUT2D eigenvalue weighted by atomic mass is 35.5. The van der Waals surface area contributed by atoms with Crippen molar-refractivity contribution >= 4 is 46.3 Å². The molecule has 31 heavy (non-hydrogen) atoms. The van der Waals surface area contributed by atoms with Crippen molar-refractivity contribution in [3.8, 4) is 22.1 Å². The minimum Gasteiger partial charge on any atom is -0.482 e. The number of hydrogen-bond acceptors (Lipinski definition) is 5. The van der Waals surface area contributed by atoms with Gasteiger partial charge in [0.2, 0.25) is 5.13 Å². The Morgan fingerprint density at radius 3 is 2.71 bits per heavy atom. The van der Waals surface area contributed by atoms with Gasteiger partial charge in [0.25, 0.3) is 5.91 Å². The molecule has 4 rings (SSSR count). The van der Waals surface area contributed by atoms with Crippen LogP contribution in [0.2, 0.25) is 10.0 Å². The van der Waals surface area contributed by atoms with Crippen molar-refractivity contribution in [1.29, 1.82) is 0 Å². The van der Waals surface area contributed by atoms with E-state index < -0.39 is 0 Å². The van der Waals surface area contributed by atoms with Crippen LogP contribution in [0.1, 0.15) is 5.69 Å². The quantitative estimate of drug-likeness (QED) is 0.383. The second-order valence-electron chi connectivity index (χ2n) is 6.52. The molecule has 0 aliphatic rings. The van der Waals surface area contributed by atoms with Gasteiger partial charge in [-0.1, -0.05) is 23.2 Å². The molecule has 0 bridgehead atoms. The molecule has 0 saturated heterocycles. The van der Waals surface area contributed by atoms with Crippen LogP contribution in [0.3, 0.4) is 0 Å². The molecular weight excluding hydrogens is 462 g/mol. The average molecular weight is 477 g/mol. The smallest absolute Gasteiger partial charge is 0.263 e. The number of nitrogens with one attached hydrogen (secondary N) is 1. The summed E-state index contributed by atoms with van der Waals surface area (Å²) in [5.74, 6) is 0.111. The maximum Gasteiger partial charge on any atom is 0.263 e. The molecule has 0 aliphatic carbocycles. The van der Waals surface area contributed by atoms with Crippen LogP contribution in [-0.2, 0) is 4.79 Å². The molecule has 0 atom stereocenters. The minimum atomic E-state index is -0.387. The van der Waals surface area contributed by atoms with Gasteiger partial charge in [-0.25, -0.2) is 9.37 Å². The highest BCUT2D eigenvalue weighted by Gasteiger charge is 2.15. The number of aromatic nitrogens is 3. The standard InChI is InChI=1S/C21H15Cl2FN4O2S/c1-12-8-19(26-20(29)10-30-18-7-4-14(22)9-16(18)23)28(27-12)21-25-17(11-31-21)13-2-5-15(24)6-3-13/h2-9,11H,10H2,1H3,(H,26,29). The largest absolute Gasteiger partial charge is 0.482 e. The van der Waals surface area contributed by atoms with Crippen LogP contribution in [0, 0.1) is 12.7 Å². The molecular formula is C21H15Cl2FN4O2S. The molecule has 1 amide bonds. The van der Waals surface area contributed by atoms with E-state index in [1.54, 1.807) is 35.0 Å². The van der Waals surface area contributed by atoms with Gasteiger partial charge in [-0.2, -0.15) is 9.78 Å². The van der Waals surface area contributed by atoms with Crippen molar-refractivity contribution in [1.82, 2.24) is 14.8 Å². The number of carbonyl (C=O) groups excluding carboxylic acids is 1. The Morgan fingerprint density at radius 2 is 1.97 bits per heavy atom. The van der Waals surface area contributed by atoms with Crippen molar-refractivity contribution in [2.45, 2.75) is 6.92 Å². The van der Waals surface area contributed by atoms with E-state index >= 15 is 0 Å². The monoisotopic (exact) mass is 476 g/mol. The van der Waals surface area contributed by atoms with Crippen molar-refractivity contribution in [3.05, 3.63) is 75.5 Å². The minimum absolute atomic E-state index is 0.246. The number of rotatable bonds is 6. The van der Waals surface area contributed by atoms with Gasteiger partial charge in [0.15, 0.2) is 6.61 Å². The zero-order valence-corrected chi connectivity index (χ0v) is 18.4. The van der Waals surface area contributed by atoms with Crippen LogP contribution in [0.25, 0.3) is 16.4 Å². The van der Waals surface area contributed by atoms with Gasteiger partial charge < -0.3 is 10.1 Å². The predicted molar refractivity (Wildman–Crippen MR) is 120 cm³/mol. The van der Waals surface area contributed by atoms with E-state index in [2.05, 4.69) is 15.4 Å². The van der Waals surface area contributed by atoms with E-state index in [9.17, 15) is 9.18 Å². The summed E-state index contributed by atoms with van der Waals surface area (Å²) in [5.41, 5.74) is 2.17. The molecule has 4 aromatic rings. The van der Waals surface area contributed by atoms with Crippen LogP contribution >= 0.6 is 34.5 Å². The molecule has 0 saturated carbocycles. The fourth-order valence-electron chi connectivity index (χ4n) is 2.76. The Hall–Kier alpha value is -2.94. The Kier molecular flexibility index (Phi) is 6.22. The fraction of sp³-hybridized carbons (Fsp3) is 0.0952. The van der Waals surface area contributed by atoms with E-state index in [0.717, 1.165) is 5.56 Å². The van der Waals surface area contributed by atoms with Crippen molar-refractivity contribution < 1.29 is 13.9 Å². The maximum atomic E-state index is 13.2. The van der Waals surface area contributed by atoms with Gasteiger partial charge in [-0.3, -0.25) is 4.79 Å². The van der Waals surface area contributed by atoms with Crippen molar-refractivity contribution in [2.75, 3.05) is 11.9 Å². The number of benzene rings is 2. The van der Waals surface area contributed by atoms with Crippen LogP contribution in [0.4, 0.5) is 10.2 Å². The number of halogens is 3. The van der Waals surface area contributed by atoms with E-state index in [1.807, 2.05) is 12.3 Å². The number of amides is 1. The predicted octanol–water partition coefficient (Wildman–Crippen LogP) is 5.77. The number of hydrogen-bond donors (Lipinski definition) is 1. The summed E-state index contributed by atoms with van der Waals surface area (Å²) in [5, 5.41) is 10.4. The first kappa shape index (κ1) is 21.3. The van der Waals surface area contributed by atoms with Crippen LogP contribution < -0.4 is 10.1 Å². The van der Waals surface area contributed by atoms with Crippen LogP contribution in [-0.4, -0.2) is 27.3 Å². The number of aryl methyl sites for hydroxylation is 1. The second-order valence-corrected chi connectivity index (χ2v) is 8.20. The number of nitrogens with zero attached hydrogens (tertiary/aromatic N) is 3. The first-order valence-electron chi connectivity index (χ1n) is 9.05. The first-order valence-corrected chi connectivity index (χ1v) is 10.7. The number of thiazole rings is 1. The van der Waals surface area contributed by atoms with Gasteiger partial charge in [-0.15, -0.1) is 11.3 Å². The number of anilines is 1. The normalized spacial score (nSPS) is 10.8. The summed E-state index contributed by atoms with van der Waals surface area (Å²) >= 11 is 13.3. The Balaban J connectivity index is 1.48. The molecule has 0 unspecified atom stereocenters. The summed E-state index contributed by atoms with van der Waals surface area (Å²) in [6, 6.07) is 12.6. The number of carbonyl (C=O) groups is 1. The van der Waals surface area contributed by atoms with E-state index in [-0.39, 0.29) is 18.3 Å².